The van der Waals surface area contributed by atoms with Gasteiger partial charge in [0.1, 0.15) is 5.69 Å². The van der Waals surface area contributed by atoms with Crippen LogP contribution < -0.4 is 0 Å². The summed E-state index contributed by atoms with van der Waals surface area (Å²) in [5.41, 5.74) is 1.63. The Morgan fingerprint density at radius 2 is 2.05 bits per heavy atom. The molecule has 104 valence electrons. The lowest BCUT2D eigenvalue weighted by atomic mass is 10.0. The average Bonchev–Trinajstić information content (AvgIpc) is 2.87. The third kappa shape index (κ3) is 2.16. The van der Waals surface area contributed by atoms with Crippen molar-refractivity contribution in [2.75, 3.05) is 0 Å². The molecule has 2 atom stereocenters. The molecule has 0 aromatic carbocycles. The molecule has 4 nitrogen and oxygen atoms in total. The van der Waals surface area contributed by atoms with E-state index in [0.717, 1.165) is 43.6 Å². The van der Waals surface area contributed by atoms with Crippen LogP contribution in [0.3, 0.4) is 0 Å². The van der Waals surface area contributed by atoms with Gasteiger partial charge in [-0.3, -0.25) is 9.48 Å². The Morgan fingerprint density at radius 1 is 1.42 bits per heavy atom. The molecule has 3 rings (SSSR count). The predicted octanol–water partition coefficient (Wildman–Crippen LogP) is 2.59. The molecule has 0 spiro atoms. The topological polar surface area (TPSA) is 38.1 Å². The summed E-state index contributed by atoms with van der Waals surface area (Å²) in [6.07, 6.45) is 4.06. The fraction of sp³-hybridized carbons (Fsp3) is 0.714. The molecule has 2 fully saturated rings. The highest BCUT2D eigenvalue weighted by molar-refractivity contribution is 6.20. The SMILES string of the molecule is CCn1nc(C)cc1C(=O)N1C2CCC1CC(Cl)C2. The smallest absolute Gasteiger partial charge is 0.272 e. The van der Waals surface area contributed by atoms with Crippen molar-refractivity contribution >= 4 is 17.5 Å². The second-order valence-electron chi connectivity index (χ2n) is 5.65. The van der Waals surface area contributed by atoms with Crippen LogP contribution in [0.25, 0.3) is 0 Å². The number of nitrogens with zero attached hydrogens (tertiary/aromatic N) is 3. The van der Waals surface area contributed by atoms with Crippen molar-refractivity contribution in [3.63, 3.8) is 0 Å². The number of hydrogen-bond donors (Lipinski definition) is 0. The van der Waals surface area contributed by atoms with Gasteiger partial charge in [-0.25, -0.2) is 0 Å². The van der Waals surface area contributed by atoms with Gasteiger partial charge in [-0.15, -0.1) is 11.6 Å². The number of hydrogen-bond acceptors (Lipinski definition) is 2. The molecule has 1 aromatic rings. The second-order valence-corrected chi connectivity index (χ2v) is 6.27. The van der Waals surface area contributed by atoms with Gasteiger partial charge in [0.15, 0.2) is 0 Å². The maximum absolute atomic E-state index is 12.8. The molecule has 2 bridgehead atoms. The second kappa shape index (κ2) is 4.82. The summed E-state index contributed by atoms with van der Waals surface area (Å²) < 4.78 is 1.81. The summed E-state index contributed by atoms with van der Waals surface area (Å²) in [5, 5.41) is 4.61. The van der Waals surface area contributed by atoms with Crippen molar-refractivity contribution in [1.29, 1.82) is 0 Å². The van der Waals surface area contributed by atoms with Crippen molar-refractivity contribution in [3.05, 3.63) is 17.5 Å². The van der Waals surface area contributed by atoms with Crippen molar-refractivity contribution < 1.29 is 4.79 Å². The lowest BCUT2D eigenvalue weighted by molar-refractivity contribution is 0.0586. The van der Waals surface area contributed by atoms with E-state index in [9.17, 15) is 4.79 Å². The molecular weight excluding hydrogens is 262 g/mol. The Labute approximate surface area is 118 Å². The fourth-order valence-electron chi connectivity index (χ4n) is 3.53. The largest absolute Gasteiger partial charge is 0.331 e. The van der Waals surface area contributed by atoms with Crippen LogP contribution in [-0.4, -0.2) is 38.0 Å². The minimum Gasteiger partial charge on any atom is -0.331 e. The molecule has 19 heavy (non-hydrogen) atoms. The van der Waals surface area contributed by atoms with Crippen LogP contribution in [0.15, 0.2) is 6.07 Å². The molecule has 2 unspecified atom stereocenters. The minimum absolute atomic E-state index is 0.138. The maximum Gasteiger partial charge on any atom is 0.272 e. The summed E-state index contributed by atoms with van der Waals surface area (Å²) in [4.78, 5) is 14.9. The van der Waals surface area contributed by atoms with Crippen molar-refractivity contribution in [1.82, 2.24) is 14.7 Å². The van der Waals surface area contributed by atoms with Crippen LogP contribution in [-0.2, 0) is 6.54 Å². The Balaban J connectivity index is 1.88. The van der Waals surface area contributed by atoms with Gasteiger partial charge in [-0.1, -0.05) is 0 Å². The normalized spacial score (nSPS) is 29.8. The molecule has 2 saturated heterocycles. The van der Waals surface area contributed by atoms with E-state index in [1.165, 1.54) is 0 Å². The van der Waals surface area contributed by atoms with Crippen LogP contribution in [0.5, 0.6) is 0 Å². The van der Waals surface area contributed by atoms with E-state index >= 15 is 0 Å². The summed E-state index contributed by atoms with van der Waals surface area (Å²) in [6, 6.07) is 2.56. The van der Waals surface area contributed by atoms with Crippen LogP contribution in [0, 0.1) is 6.92 Å². The van der Waals surface area contributed by atoms with Crippen LogP contribution in [0.2, 0.25) is 0 Å². The monoisotopic (exact) mass is 281 g/mol. The van der Waals surface area contributed by atoms with Crippen LogP contribution >= 0.6 is 11.6 Å². The van der Waals surface area contributed by atoms with Gasteiger partial charge in [-0.05, 0) is 45.6 Å². The molecule has 0 N–H and O–H groups in total. The molecule has 3 heterocycles. The van der Waals surface area contributed by atoms with E-state index in [1.54, 1.807) is 0 Å². The molecule has 1 amide bonds. The third-order valence-electron chi connectivity index (χ3n) is 4.33. The number of fused-ring (bicyclic) bond motifs is 2. The molecule has 1 aromatic heterocycles. The van der Waals surface area contributed by atoms with Gasteiger partial charge in [0.25, 0.3) is 5.91 Å². The number of rotatable bonds is 2. The van der Waals surface area contributed by atoms with Gasteiger partial charge >= 0.3 is 0 Å². The van der Waals surface area contributed by atoms with E-state index in [0.29, 0.717) is 12.1 Å². The zero-order valence-corrected chi connectivity index (χ0v) is 12.2. The van der Waals surface area contributed by atoms with E-state index in [1.807, 2.05) is 24.6 Å². The van der Waals surface area contributed by atoms with Crippen molar-refractivity contribution in [2.24, 2.45) is 0 Å². The molecule has 5 heteroatoms. The Hall–Kier alpha value is -1.03. The molecule has 0 aliphatic carbocycles. The van der Waals surface area contributed by atoms with Crippen LogP contribution in [0.4, 0.5) is 0 Å². The van der Waals surface area contributed by atoms with Crippen molar-refractivity contribution in [3.8, 4) is 0 Å². The number of aromatic nitrogens is 2. The highest BCUT2D eigenvalue weighted by Crippen LogP contribution is 2.38. The molecule has 2 aliphatic heterocycles. The van der Waals surface area contributed by atoms with E-state index < -0.39 is 0 Å². The number of halogens is 1. The number of piperidine rings is 1. The lowest BCUT2D eigenvalue weighted by Crippen LogP contribution is -2.47. The number of carbonyl (C=O) groups excluding carboxylic acids is 1. The standard InChI is InChI=1S/C14H20ClN3O/c1-3-17-13(6-9(2)16-17)14(19)18-11-4-5-12(18)8-10(15)7-11/h6,10-12H,3-5,7-8H2,1-2H3. The summed E-state index contributed by atoms with van der Waals surface area (Å²) in [6.45, 7) is 4.68. The zero-order chi connectivity index (χ0) is 13.6. The van der Waals surface area contributed by atoms with Crippen LogP contribution in [0.1, 0.15) is 48.8 Å². The van der Waals surface area contributed by atoms with Gasteiger partial charge in [-0.2, -0.15) is 5.10 Å². The minimum atomic E-state index is 0.138. The van der Waals surface area contributed by atoms with E-state index in [4.69, 9.17) is 11.6 Å². The first-order chi connectivity index (χ1) is 9.10. The highest BCUT2D eigenvalue weighted by atomic mass is 35.5. The number of alkyl halides is 1. The molecule has 0 radical (unpaired) electrons. The first-order valence-corrected chi connectivity index (χ1v) is 7.55. The predicted molar refractivity (Wildman–Crippen MR) is 74.5 cm³/mol. The van der Waals surface area contributed by atoms with Crippen molar-refractivity contribution in [2.45, 2.75) is 63.5 Å². The zero-order valence-electron chi connectivity index (χ0n) is 11.5. The maximum atomic E-state index is 12.8. The van der Waals surface area contributed by atoms with Gasteiger partial charge < -0.3 is 4.90 Å². The lowest BCUT2D eigenvalue weighted by Gasteiger charge is -2.37. The first kappa shape index (κ1) is 13.0. The van der Waals surface area contributed by atoms with Gasteiger partial charge in [0.05, 0.1) is 5.69 Å². The van der Waals surface area contributed by atoms with Gasteiger partial charge in [0, 0.05) is 24.0 Å². The summed E-state index contributed by atoms with van der Waals surface area (Å²) in [5.74, 6) is 0.138. The number of amides is 1. The Kier molecular flexibility index (Phi) is 3.29. The molecule has 2 aliphatic rings. The Morgan fingerprint density at radius 3 is 2.63 bits per heavy atom. The highest BCUT2D eigenvalue weighted by Gasteiger charge is 2.43. The average molecular weight is 282 g/mol. The number of carbonyl (C=O) groups is 1. The molecular formula is C14H20ClN3O. The quantitative estimate of drug-likeness (QED) is 0.782. The summed E-state index contributed by atoms with van der Waals surface area (Å²) >= 11 is 6.27. The Bertz CT molecular complexity index is 485. The van der Waals surface area contributed by atoms with Gasteiger partial charge in [0.2, 0.25) is 0 Å². The fourth-order valence-corrected chi connectivity index (χ4v) is 3.94. The third-order valence-corrected chi connectivity index (χ3v) is 4.69. The van der Waals surface area contributed by atoms with E-state index in [-0.39, 0.29) is 11.3 Å². The molecule has 0 saturated carbocycles. The first-order valence-electron chi connectivity index (χ1n) is 7.11. The number of aryl methyl sites for hydroxylation is 2. The van der Waals surface area contributed by atoms with E-state index in [2.05, 4.69) is 10.00 Å². The summed E-state index contributed by atoms with van der Waals surface area (Å²) in [7, 11) is 0.